The zero-order valence-corrected chi connectivity index (χ0v) is 9.99. The normalized spacial score (nSPS) is 11.7. The van der Waals surface area contributed by atoms with Gasteiger partial charge in [0.05, 0.1) is 0 Å². The lowest BCUT2D eigenvalue weighted by atomic mass is 9.97. The van der Waals surface area contributed by atoms with E-state index in [1.165, 1.54) is 0 Å². The van der Waals surface area contributed by atoms with Crippen LogP contribution in [0.2, 0.25) is 0 Å². The average Bonchev–Trinajstić information content (AvgIpc) is 2.59. The standard InChI is InChI=1S/C11H18N2O3/c1-11(2,3)10-13-12-8(16-10)6-4-5-7-9(14)15/h4-7H2,1-3H3,(H,14,15). The molecule has 0 aliphatic carbocycles. The van der Waals surface area contributed by atoms with Gasteiger partial charge in [-0.2, -0.15) is 0 Å². The molecule has 0 spiro atoms. The Hall–Kier alpha value is -1.39. The van der Waals surface area contributed by atoms with Crippen LogP contribution in [0.25, 0.3) is 0 Å². The highest BCUT2D eigenvalue weighted by atomic mass is 16.4. The Balaban J connectivity index is 2.38. The summed E-state index contributed by atoms with van der Waals surface area (Å²) in [5.74, 6) is 0.456. The van der Waals surface area contributed by atoms with Crippen LogP contribution in [0, 0.1) is 0 Å². The largest absolute Gasteiger partial charge is 0.481 e. The summed E-state index contributed by atoms with van der Waals surface area (Å²) in [7, 11) is 0. The minimum absolute atomic E-state index is 0.133. The van der Waals surface area contributed by atoms with Crippen LogP contribution in [-0.2, 0) is 16.6 Å². The molecule has 5 heteroatoms. The van der Waals surface area contributed by atoms with Crippen molar-refractivity contribution in [1.29, 1.82) is 0 Å². The maximum Gasteiger partial charge on any atom is 0.303 e. The fourth-order valence-electron chi connectivity index (χ4n) is 1.21. The molecule has 1 aromatic heterocycles. The first-order valence-corrected chi connectivity index (χ1v) is 5.44. The van der Waals surface area contributed by atoms with Gasteiger partial charge in [-0.05, 0) is 12.8 Å². The van der Waals surface area contributed by atoms with Crippen molar-refractivity contribution in [2.75, 3.05) is 0 Å². The van der Waals surface area contributed by atoms with Crippen molar-refractivity contribution in [3.63, 3.8) is 0 Å². The van der Waals surface area contributed by atoms with E-state index in [0.717, 1.165) is 6.42 Å². The van der Waals surface area contributed by atoms with Gasteiger partial charge in [0.1, 0.15) is 0 Å². The molecular weight excluding hydrogens is 208 g/mol. The molecule has 0 fully saturated rings. The zero-order valence-electron chi connectivity index (χ0n) is 9.99. The number of carboxylic acids is 1. The topological polar surface area (TPSA) is 76.2 Å². The third-order valence-electron chi connectivity index (χ3n) is 2.14. The van der Waals surface area contributed by atoms with Crippen molar-refractivity contribution in [2.45, 2.75) is 51.9 Å². The van der Waals surface area contributed by atoms with E-state index in [-0.39, 0.29) is 11.8 Å². The molecule has 0 aliphatic heterocycles. The highest BCUT2D eigenvalue weighted by Gasteiger charge is 2.21. The summed E-state index contributed by atoms with van der Waals surface area (Å²) < 4.78 is 5.49. The van der Waals surface area contributed by atoms with E-state index in [4.69, 9.17) is 9.52 Å². The van der Waals surface area contributed by atoms with E-state index in [9.17, 15) is 4.79 Å². The third-order valence-corrected chi connectivity index (χ3v) is 2.14. The van der Waals surface area contributed by atoms with Crippen LogP contribution in [0.1, 0.15) is 51.8 Å². The van der Waals surface area contributed by atoms with E-state index in [0.29, 0.717) is 24.6 Å². The molecule has 16 heavy (non-hydrogen) atoms. The van der Waals surface area contributed by atoms with Gasteiger partial charge >= 0.3 is 5.97 Å². The molecule has 90 valence electrons. The van der Waals surface area contributed by atoms with Crippen LogP contribution < -0.4 is 0 Å². The van der Waals surface area contributed by atoms with Crippen LogP contribution >= 0.6 is 0 Å². The minimum atomic E-state index is -0.763. The molecule has 1 heterocycles. The summed E-state index contributed by atoms with van der Waals surface area (Å²) >= 11 is 0. The van der Waals surface area contributed by atoms with Gasteiger partial charge in [0.15, 0.2) is 0 Å². The number of nitrogens with zero attached hydrogens (tertiary/aromatic N) is 2. The maximum atomic E-state index is 10.3. The van der Waals surface area contributed by atoms with Crippen LogP contribution in [0.3, 0.4) is 0 Å². The number of unbranched alkanes of at least 4 members (excludes halogenated alkanes) is 1. The van der Waals surface area contributed by atoms with Crippen molar-refractivity contribution in [3.8, 4) is 0 Å². The number of rotatable bonds is 5. The zero-order chi connectivity index (χ0) is 12.2. The molecule has 0 saturated heterocycles. The molecule has 5 nitrogen and oxygen atoms in total. The molecule has 0 bridgehead atoms. The van der Waals surface area contributed by atoms with Crippen LogP contribution in [-0.4, -0.2) is 21.3 Å². The van der Waals surface area contributed by atoms with Gasteiger partial charge in [-0.3, -0.25) is 4.79 Å². The summed E-state index contributed by atoms with van der Waals surface area (Å²) in [6, 6.07) is 0. The van der Waals surface area contributed by atoms with Gasteiger partial charge in [0.25, 0.3) is 0 Å². The van der Waals surface area contributed by atoms with Crippen molar-refractivity contribution >= 4 is 5.97 Å². The molecule has 0 radical (unpaired) electrons. The molecule has 0 aliphatic rings. The molecule has 0 aromatic carbocycles. The molecule has 0 atom stereocenters. The second-order valence-corrected chi connectivity index (χ2v) is 4.85. The predicted molar refractivity (Wildman–Crippen MR) is 58.2 cm³/mol. The predicted octanol–water partition coefficient (Wildman–Crippen LogP) is 2.16. The quantitative estimate of drug-likeness (QED) is 0.778. The monoisotopic (exact) mass is 226 g/mol. The molecule has 1 rings (SSSR count). The van der Waals surface area contributed by atoms with E-state index in [1.54, 1.807) is 0 Å². The highest BCUT2D eigenvalue weighted by Crippen LogP contribution is 2.20. The second kappa shape index (κ2) is 5.09. The van der Waals surface area contributed by atoms with Gasteiger partial charge in [-0.1, -0.05) is 20.8 Å². The average molecular weight is 226 g/mol. The highest BCUT2D eigenvalue weighted by molar-refractivity contribution is 5.66. The summed E-state index contributed by atoms with van der Waals surface area (Å²) in [5.41, 5.74) is -0.133. The summed E-state index contributed by atoms with van der Waals surface area (Å²) in [6.07, 6.45) is 2.25. The molecule has 1 aromatic rings. The first kappa shape index (κ1) is 12.7. The number of carboxylic acid groups (broad SMARTS) is 1. The van der Waals surface area contributed by atoms with Crippen LogP contribution in [0.15, 0.2) is 4.42 Å². The lowest BCUT2D eigenvalue weighted by molar-refractivity contribution is -0.137. The number of aryl methyl sites for hydroxylation is 1. The van der Waals surface area contributed by atoms with E-state index in [1.807, 2.05) is 20.8 Å². The first-order valence-electron chi connectivity index (χ1n) is 5.44. The molecule has 0 unspecified atom stereocenters. The smallest absolute Gasteiger partial charge is 0.303 e. The Kier molecular flexibility index (Phi) is 4.04. The molecule has 0 amide bonds. The fraction of sp³-hybridized carbons (Fsp3) is 0.727. The lowest BCUT2D eigenvalue weighted by Crippen LogP contribution is -2.11. The van der Waals surface area contributed by atoms with Crippen LogP contribution in [0.4, 0.5) is 0 Å². The van der Waals surface area contributed by atoms with E-state index < -0.39 is 5.97 Å². The summed E-state index contributed by atoms with van der Waals surface area (Å²) in [5, 5.41) is 16.4. The Morgan fingerprint density at radius 2 is 2.00 bits per heavy atom. The number of aromatic nitrogens is 2. The number of carbonyl (C=O) groups is 1. The molecule has 0 saturated carbocycles. The van der Waals surface area contributed by atoms with Crippen molar-refractivity contribution in [1.82, 2.24) is 10.2 Å². The maximum absolute atomic E-state index is 10.3. The lowest BCUT2D eigenvalue weighted by Gasteiger charge is -2.10. The van der Waals surface area contributed by atoms with Crippen LogP contribution in [0.5, 0.6) is 0 Å². The number of aliphatic carboxylic acids is 1. The van der Waals surface area contributed by atoms with Gasteiger partial charge in [-0.25, -0.2) is 0 Å². The van der Waals surface area contributed by atoms with Gasteiger partial charge in [0.2, 0.25) is 11.8 Å². The Morgan fingerprint density at radius 3 is 2.50 bits per heavy atom. The second-order valence-electron chi connectivity index (χ2n) is 4.85. The minimum Gasteiger partial charge on any atom is -0.481 e. The Bertz CT molecular complexity index is 352. The molecular formula is C11H18N2O3. The van der Waals surface area contributed by atoms with E-state index >= 15 is 0 Å². The summed E-state index contributed by atoms with van der Waals surface area (Å²) in [4.78, 5) is 10.3. The molecule has 1 N–H and O–H groups in total. The van der Waals surface area contributed by atoms with Gasteiger partial charge < -0.3 is 9.52 Å². The first-order chi connectivity index (χ1) is 7.39. The SMILES string of the molecule is CC(C)(C)c1nnc(CCCCC(=O)O)o1. The van der Waals surface area contributed by atoms with Crippen molar-refractivity contribution < 1.29 is 14.3 Å². The summed E-state index contributed by atoms with van der Waals surface area (Å²) in [6.45, 7) is 6.03. The Morgan fingerprint density at radius 1 is 1.31 bits per heavy atom. The van der Waals surface area contributed by atoms with Crippen molar-refractivity contribution in [2.24, 2.45) is 0 Å². The number of hydrogen-bond acceptors (Lipinski definition) is 4. The van der Waals surface area contributed by atoms with E-state index in [2.05, 4.69) is 10.2 Å². The Labute approximate surface area is 94.9 Å². The van der Waals surface area contributed by atoms with Crippen molar-refractivity contribution in [3.05, 3.63) is 11.8 Å². The third kappa shape index (κ3) is 4.00. The van der Waals surface area contributed by atoms with Gasteiger partial charge in [-0.15, -0.1) is 10.2 Å². The van der Waals surface area contributed by atoms with Gasteiger partial charge in [0, 0.05) is 18.3 Å². The fourth-order valence-corrected chi connectivity index (χ4v) is 1.21. The number of hydrogen-bond donors (Lipinski definition) is 1.